The molecular weight excluding hydrogens is 206 g/mol. The van der Waals surface area contributed by atoms with E-state index in [1.807, 2.05) is 20.8 Å². The second-order valence-electron chi connectivity index (χ2n) is 4.21. The van der Waals surface area contributed by atoms with Gasteiger partial charge in [0.1, 0.15) is 6.04 Å². The lowest BCUT2D eigenvalue weighted by Gasteiger charge is -2.25. The minimum Gasteiger partial charge on any atom is -0.465 e. The van der Waals surface area contributed by atoms with E-state index in [1.165, 1.54) is 0 Å². The lowest BCUT2D eigenvalue weighted by atomic mass is 10.0. The van der Waals surface area contributed by atoms with E-state index in [0.717, 1.165) is 12.8 Å². The van der Waals surface area contributed by atoms with E-state index in [2.05, 4.69) is 5.32 Å². The maximum absolute atomic E-state index is 11.6. The van der Waals surface area contributed by atoms with Crippen LogP contribution in [0.2, 0.25) is 0 Å². The molecule has 0 amide bonds. The van der Waals surface area contributed by atoms with Crippen LogP contribution < -0.4 is 5.32 Å². The summed E-state index contributed by atoms with van der Waals surface area (Å²) in [5.74, 6) is -0.0601. The molecule has 0 spiro atoms. The Hall–Kier alpha value is -0.610. The van der Waals surface area contributed by atoms with Gasteiger partial charge in [-0.3, -0.25) is 4.79 Å². The molecule has 0 bridgehead atoms. The van der Waals surface area contributed by atoms with Gasteiger partial charge in [-0.25, -0.2) is 0 Å². The number of aliphatic hydroxyl groups excluding tert-OH is 1. The van der Waals surface area contributed by atoms with Gasteiger partial charge in [0.15, 0.2) is 0 Å². The topological polar surface area (TPSA) is 58.6 Å². The Morgan fingerprint density at radius 1 is 1.38 bits per heavy atom. The highest BCUT2D eigenvalue weighted by Crippen LogP contribution is 2.06. The van der Waals surface area contributed by atoms with Crippen LogP contribution in [-0.4, -0.2) is 36.4 Å². The van der Waals surface area contributed by atoms with E-state index in [-0.39, 0.29) is 30.6 Å². The number of ether oxygens (including phenoxy) is 1. The Labute approximate surface area is 98.4 Å². The van der Waals surface area contributed by atoms with Crippen molar-refractivity contribution in [3.63, 3.8) is 0 Å². The standard InChI is InChI=1S/C12H25NO3/c1-5-7-11(12(15)16-6-2)13-10(4)9(3)8-14/h9-11,13-14H,5-8H2,1-4H3. The monoisotopic (exact) mass is 231 g/mol. The molecule has 16 heavy (non-hydrogen) atoms. The fourth-order valence-corrected chi connectivity index (χ4v) is 1.44. The van der Waals surface area contributed by atoms with Gasteiger partial charge in [-0.05, 0) is 26.2 Å². The predicted octanol–water partition coefficient (Wildman–Crippen LogP) is 1.32. The highest BCUT2D eigenvalue weighted by atomic mass is 16.5. The van der Waals surface area contributed by atoms with Crippen molar-refractivity contribution in [2.45, 2.75) is 52.6 Å². The molecule has 0 heterocycles. The molecule has 4 nitrogen and oxygen atoms in total. The second-order valence-corrected chi connectivity index (χ2v) is 4.21. The Bertz CT molecular complexity index is 197. The average molecular weight is 231 g/mol. The van der Waals surface area contributed by atoms with E-state index >= 15 is 0 Å². The first-order valence-electron chi connectivity index (χ1n) is 6.10. The van der Waals surface area contributed by atoms with Crippen LogP contribution in [0.5, 0.6) is 0 Å². The fourth-order valence-electron chi connectivity index (χ4n) is 1.44. The van der Waals surface area contributed by atoms with Crippen molar-refractivity contribution in [1.29, 1.82) is 0 Å². The Balaban J connectivity index is 4.26. The molecule has 0 aliphatic rings. The molecule has 0 aromatic rings. The van der Waals surface area contributed by atoms with Gasteiger partial charge < -0.3 is 15.2 Å². The fraction of sp³-hybridized carbons (Fsp3) is 0.917. The highest BCUT2D eigenvalue weighted by Gasteiger charge is 2.22. The third-order valence-corrected chi connectivity index (χ3v) is 2.75. The third-order valence-electron chi connectivity index (χ3n) is 2.75. The molecule has 96 valence electrons. The third kappa shape index (κ3) is 5.47. The Morgan fingerprint density at radius 3 is 2.44 bits per heavy atom. The summed E-state index contributed by atoms with van der Waals surface area (Å²) in [6.45, 7) is 8.30. The van der Waals surface area contributed by atoms with Gasteiger partial charge in [0.05, 0.1) is 6.61 Å². The van der Waals surface area contributed by atoms with E-state index in [9.17, 15) is 4.79 Å². The number of carbonyl (C=O) groups excluding carboxylic acids is 1. The summed E-state index contributed by atoms with van der Waals surface area (Å²) in [4.78, 5) is 11.6. The molecule has 2 N–H and O–H groups in total. The van der Waals surface area contributed by atoms with Crippen molar-refractivity contribution in [2.24, 2.45) is 5.92 Å². The van der Waals surface area contributed by atoms with Crippen molar-refractivity contribution >= 4 is 5.97 Å². The second kappa shape index (κ2) is 8.53. The molecule has 4 heteroatoms. The molecule has 0 aliphatic heterocycles. The molecule has 3 atom stereocenters. The van der Waals surface area contributed by atoms with E-state index in [0.29, 0.717) is 6.61 Å². The summed E-state index contributed by atoms with van der Waals surface area (Å²) in [7, 11) is 0. The predicted molar refractivity (Wildman–Crippen MR) is 64.2 cm³/mol. The molecule has 0 saturated heterocycles. The van der Waals surface area contributed by atoms with Crippen LogP contribution in [0.15, 0.2) is 0 Å². The van der Waals surface area contributed by atoms with Crippen LogP contribution >= 0.6 is 0 Å². The van der Waals surface area contributed by atoms with Crippen molar-refractivity contribution < 1.29 is 14.6 Å². The molecule has 0 aliphatic carbocycles. The number of carbonyl (C=O) groups is 1. The SMILES string of the molecule is CCCC(NC(C)C(C)CO)C(=O)OCC. The molecule has 0 radical (unpaired) electrons. The molecule has 0 fully saturated rings. The first kappa shape index (κ1) is 15.4. The number of hydrogen-bond donors (Lipinski definition) is 2. The van der Waals surface area contributed by atoms with E-state index in [4.69, 9.17) is 9.84 Å². The van der Waals surface area contributed by atoms with Crippen molar-refractivity contribution in [3.8, 4) is 0 Å². The van der Waals surface area contributed by atoms with Crippen LogP contribution in [-0.2, 0) is 9.53 Å². The number of nitrogens with one attached hydrogen (secondary N) is 1. The van der Waals surface area contributed by atoms with Crippen LogP contribution in [0.25, 0.3) is 0 Å². The van der Waals surface area contributed by atoms with Gasteiger partial charge in [0.25, 0.3) is 0 Å². The number of esters is 1. The van der Waals surface area contributed by atoms with Crippen molar-refractivity contribution in [1.82, 2.24) is 5.32 Å². The maximum atomic E-state index is 11.6. The number of hydrogen-bond acceptors (Lipinski definition) is 4. The highest BCUT2D eigenvalue weighted by molar-refractivity contribution is 5.75. The lowest BCUT2D eigenvalue weighted by molar-refractivity contribution is -0.146. The van der Waals surface area contributed by atoms with Crippen LogP contribution in [0.3, 0.4) is 0 Å². The van der Waals surface area contributed by atoms with Crippen LogP contribution in [0, 0.1) is 5.92 Å². The van der Waals surface area contributed by atoms with Gasteiger partial charge in [0, 0.05) is 12.6 Å². The summed E-state index contributed by atoms with van der Waals surface area (Å²) in [6, 6.07) is -0.153. The smallest absolute Gasteiger partial charge is 0.323 e. The van der Waals surface area contributed by atoms with Crippen LogP contribution in [0.1, 0.15) is 40.5 Å². The first-order valence-corrected chi connectivity index (χ1v) is 6.10. The molecular formula is C12H25NO3. The van der Waals surface area contributed by atoms with E-state index < -0.39 is 0 Å². The first-order chi connectivity index (χ1) is 7.56. The van der Waals surface area contributed by atoms with Gasteiger partial charge in [-0.2, -0.15) is 0 Å². The molecule has 0 saturated carbocycles. The molecule has 0 rings (SSSR count). The summed E-state index contributed by atoms with van der Waals surface area (Å²) >= 11 is 0. The zero-order valence-electron chi connectivity index (χ0n) is 10.8. The Kier molecular flexibility index (Phi) is 8.21. The van der Waals surface area contributed by atoms with Gasteiger partial charge >= 0.3 is 5.97 Å². The average Bonchev–Trinajstić information content (AvgIpc) is 2.27. The zero-order valence-corrected chi connectivity index (χ0v) is 10.8. The Morgan fingerprint density at radius 2 is 2.00 bits per heavy atom. The van der Waals surface area contributed by atoms with Gasteiger partial charge in [0.2, 0.25) is 0 Å². The minimum atomic E-state index is -0.256. The zero-order chi connectivity index (χ0) is 12.6. The normalized spacial score (nSPS) is 16.6. The number of rotatable bonds is 8. The summed E-state index contributed by atoms with van der Waals surface area (Å²) in [5, 5.41) is 12.3. The lowest BCUT2D eigenvalue weighted by Crippen LogP contribution is -2.46. The number of aliphatic hydroxyl groups is 1. The quantitative estimate of drug-likeness (QED) is 0.619. The molecule has 0 aromatic carbocycles. The van der Waals surface area contributed by atoms with E-state index in [1.54, 1.807) is 6.92 Å². The van der Waals surface area contributed by atoms with Crippen molar-refractivity contribution in [2.75, 3.05) is 13.2 Å². The van der Waals surface area contributed by atoms with Gasteiger partial charge in [-0.15, -0.1) is 0 Å². The molecule has 0 aromatic heterocycles. The largest absolute Gasteiger partial charge is 0.465 e. The minimum absolute atomic E-state index is 0.103. The summed E-state index contributed by atoms with van der Waals surface area (Å²) < 4.78 is 5.01. The maximum Gasteiger partial charge on any atom is 0.323 e. The van der Waals surface area contributed by atoms with Crippen LogP contribution in [0.4, 0.5) is 0 Å². The molecule has 3 unspecified atom stereocenters. The van der Waals surface area contributed by atoms with Gasteiger partial charge in [-0.1, -0.05) is 20.3 Å². The van der Waals surface area contributed by atoms with Crippen molar-refractivity contribution in [3.05, 3.63) is 0 Å². The summed E-state index contributed by atoms with van der Waals surface area (Å²) in [6.07, 6.45) is 1.69. The summed E-state index contributed by atoms with van der Waals surface area (Å²) in [5.41, 5.74) is 0.